The number of nitrogens with zero attached hydrogens (tertiary/aromatic N) is 2. The van der Waals surface area contributed by atoms with E-state index in [4.69, 9.17) is 0 Å². The molecule has 0 spiro atoms. The minimum atomic E-state index is -3.77. The summed E-state index contributed by atoms with van der Waals surface area (Å²) in [6.07, 6.45) is 3.31. The molecule has 160 valence electrons. The highest BCUT2D eigenvalue weighted by molar-refractivity contribution is 7.89. The highest BCUT2D eigenvalue weighted by atomic mass is 32.2. The first kappa shape index (κ1) is 21.1. The van der Waals surface area contributed by atoms with Crippen LogP contribution in [0.2, 0.25) is 0 Å². The van der Waals surface area contributed by atoms with Crippen LogP contribution in [0, 0.1) is 11.7 Å². The SMILES string of the molecule is O=C(NCc1cccnc1)C1CN(S(=O)(=O)c2ccccc2)CC1c1cccc(F)c1. The van der Waals surface area contributed by atoms with Crippen molar-refractivity contribution in [3.05, 3.63) is 96.1 Å². The fourth-order valence-corrected chi connectivity index (χ4v) is 5.38. The summed E-state index contributed by atoms with van der Waals surface area (Å²) in [4.78, 5) is 17.3. The molecule has 6 nitrogen and oxygen atoms in total. The van der Waals surface area contributed by atoms with Gasteiger partial charge >= 0.3 is 0 Å². The van der Waals surface area contributed by atoms with Crippen LogP contribution >= 0.6 is 0 Å². The van der Waals surface area contributed by atoms with E-state index in [2.05, 4.69) is 10.3 Å². The van der Waals surface area contributed by atoms with E-state index in [0.29, 0.717) is 5.56 Å². The van der Waals surface area contributed by atoms with E-state index >= 15 is 0 Å². The van der Waals surface area contributed by atoms with E-state index in [1.165, 1.54) is 28.6 Å². The first-order chi connectivity index (χ1) is 14.9. The van der Waals surface area contributed by atoms with Gasteiger partial charge in [0.2, 0.25) is 15.9 Å². The summed E-state index contributed by atoms with van der Waals surface area (Å²) >= 11 is 0. The molecule has 0 bridgehead atoms. The second-order valence-corrected chi connectivity index (χ2v) is 9.42. The van der Waals surface area contributed by atoms with Crippen molar-refractivity contribution in [2.75, 3.05) is 13.1 Å². The van der Waals surface area contributed by atoms with Crippen LogP contribution in [0.5, 0.6) is 0 Å². The molecular weight excluding hydrogens is 417 g/mol. The maximum atomic E-state index is 13.9. The molecular formula is C23H22FN3O3S. The van der Waals surface area contributed by atoms with Crippen LogP contribution in [-0.2, 0) is 21.4 Å². The zero-order chi connectivity index (χ0) is 21.8. The Hall–Kier alpha value is -3.10. The Morgan fingerprint density at radius 1 is 1.06 bits per heavy atom. The molecule has 1 saturated heterocycles. The molecule has 0 saturated carbocycles. The van der Waals surface area contributed by atoms with Gasteiger partial charge in [-0.2, -0.15) is 4.31 Å². The number of halogens is 1. The number of amides is 1. The number of pyridine rings is 1. The predicted octanol–water partition coefficient (Wildman–Crippen LogP) is 2.94. The summed E-state index contributed by atoms with van der Waals surface area (Å²) in [6.45, 7) is 0.410. The maximum absolute atomic E-state index is 13.9. The van der Waals surface area contributed by atoms with E-state index in [9.17, 15) is 17.6 Å². The first-order valence-corrected chi connectivity index (χ1v) is 11.4. The molecule has 3 aromatic rings. The van der Waals surface area contributed by atoms with Crippen molar-refractivity contribution in [2.45, 2.75) is 17.4 Å². The van der Waals surface area contributed by atoms with Crippen LogP contribution in [0.1, 0.15) is 17.0 Å². The maximum Gasteiger partial charge on any atom is 0.243 e. The van der Waals surface area contributed by atoms with Crippen LogP contribution in [0.25, 0.3) is 0 Å². The Kier molecular flexibility index (Phi) is 6.11. The fraction of sp³-hybridized carbons (Fsp3) is 0.217. The van der Waals surface area contributed by atoms with Gasteiger partial charge in [0.05, 0.1) is 10.8 Å². The molecule has 0 aliphatic carbocycles. The number of hydrogen-bond donors (Lipinski definition) is 1. The van der Waals surface area contributed by atoms with Crippen molar-refractivity contribution in [3.63, 3.8) is 0 Å². The van der Waals surface area contributed by atoms with Gasteiger partial charge in [0.25, 0.3) is 0 Å². The second kappa shape index (κ2) is 8.95. The monoisotopic (exact) mass is 439 g/mol. The molecule has 8 heteroatoms. The molecule has 2 aromatic carbocycles. The Labute approximate surface area is 180 Å². The molecule has 1 N–H and O–H groups in total. The zero-order valence-electron chi connectivity index (χ0n) is 16.7. The molecule has 2 heterocycles. The first-order valence-electron chi connectivity index (χ1n) is 9.92. The summed E-state index contributed by atoms with van der Waals surface area (Å²) in [6, 6.07) is 17.7. The molecule has 0 radical (unpaired) electrons. The lowest BCUT2D eigenvalue weighted by Gasteiger charge is -2.18. The van der Waals surface area contributed by atoms with Crippen LogP contribution in [0.4, 0.5) is 4.39 Å². The van der Waals surface area contributed by atoms with Gasteiger partial charge in [0.15, 0.2) is 0 Å². The number of aromatic nitrogens is 1. The quantitative estimate of drug-likeness (QED) is 0.641. The third kappa shape index (κ3) is 4.65. The van der Waals surface area contributed by atoms with Gasteiger partial charge in [-0.05, 0) is 41.5 Å². The van der Waals surface area contributed by atoms with Gasteiger partial charge in [-0.1, -0.05) is 36.4 Å². The van der Waals surface area contributed by atoms with Crippen molar-refractivity contribution < 1.29 is 17.6 Å². The van der Waals surface area contributed by atoms with E-state index in [1.54, 1.807) is 48.8 Å². The lowest BCUT2D eigenvalue weighted by Crippen LogP contribution is -2.35. The minimum absolute atomic E-state index is 0.0251. The summed E-state index contributed by atoms with van der Waals surface area (Å²) in [5.74, 6) is -1.79. The van der Waals surface area contributed by atoms with Crippen LogP contribution < -0.4 is 5.32 Å². The highest BCUT2D eigenvalue weighted by Crippen LogP contribution is 2.36. The van der Waals surface area contributed by atoms with Crippen molar-refractivity contribution in [2.24, 2.45) is 5.92 Å². The van der Waals surface area contributed by atoms with Crippen molar-refractivity contribution >= 4 is 15.9 Å². The number of hydrogen-bond acceptors (Lipinski definition) is 4. The normalized spacial score (nSPS) is 19.3. The molecule has 4 rings (SSSR count). The van der Waals surface area contributed by atoms with Gasteiger partial charge in [-0.3, -0.25) is 9.78 Å². The average Bonchev–Trinajstić information content (AvgIpc) is 3.25. The van der Waals surface area contributed by atoms with Crippen LogP contribution in [0.15, 0.2) is 84.0 Å². The topological polar surface area (TPSA) is 79.4 Å². The van der Waals surface area contributed by atoms with Crippen LogP contribution in [-0.4, -0.2) is 36.7 Å². The molecule has 31 heavy (non-hydrogen) atoms. The summed E-state index contributed by atoms with van der Waals surface area (Å²) in [5.41, 5.74) is 1.44. The van der Waals surface area contributed by atoms with Gasteiger partial charge in [-0.25, -0.2) is 12.8 Å². The minimum Gasteiger partial charge on any atom is -0.352 e. The predicted molar refractivity (Wildman–Crippen MR) is 114 cm³/mol. The Morgan fingerprint density at radius 2 is 1.87 bits per heavy atom. The van der Waals surface area contributed by atoms with E-state index in [1.807, 2.05) is 6.07 Å². The largest absolute Gasteiger partial charge is 0.352 e. The van der Waals surface area contributed by atoms with E-state index < -0.39 is 27.7 Å². The summed E-state index contributed by atoms with van der Waals surface area (Å²) in [5, 5.41) is 2.87. The number of sulfonamides is 1. The van der Waals surface area contributed by atoms with Crippen LogP contribution in [0.3, 0.4) is 0 Å². The number of carbonyl (C=O) groups excluding carboxylic acids is 1. The smallest absolute Gasteiger partial charge is 0.243 e. The van der Waals surface area contributed by atoms with Crippen molar-refractivity contribution in [1.82, 2.24) is 14.6 Å². The van der Waals surface area contributed by atoms with E-state index in [-0.39, 0.29) is 30.4 Å². The number of rotatable bonds is 6. The lowest BCUT2D eigenvalue weighted by molar-refractivity contribution is -0.125. The molecule has 2 unspecified atom stereocenters. The van der Waals surface area contributed by atoms with Gasteiger partial charge in [-0.15, -0.1) is 0 Å². The molecule has 2 atom stereocenters. The third-order valence-electron chi connectivity index (χ3n) is 5.47. The van der Waals surface area contributed by atoms with Crippen molar-refractivity contribution in [3.8, 4) is 0 Å². The standard InChI is InChI=1S/C23H22FN3O3S/c24-19-8-4-7-18(12-19)21-15-27(31(29,30)20-9-2-1-3-10-20)16-22(21)23(28)26-14-17-6-5-11-25-13-17/h1-13,21-22H,14-16H2,(H,26,28). The number of carbonyl (C=O) groups is 1. The van der Waals surface area contributed by atoms with Crippen molar-refractivity contribution in [1.29, 1.82) is 0 Å². The Bertz CT molecular complexity index is 1160. The second-order valence-electron chi connectivity index (χ2n) is 7.48. The highest BCUT2D eigenvalue weighted by Gasteiger charge is 2.43. The summed E-state index contributed by atoms with van der Waals surface area (Å²) < 4.78 is 41.5. The Balaban J connectivity index is 1.60. The molecule has 1 aromatic heterocycles. The Morgan fingerprint density at radius 3 is 2.58 bits per heavy atom. The third-order valence-corrected chi connectivity index (χ3v) is 7.32. The van der Waals surface area contributed by atoms with Gasteiger partial charge in [0.1, 0.15) is 5.82 Å². The molecule has 1 aliphatic heterocycles. The fourth-order valence-electron chi connectivity index (χ4n) is 3.87. The molecule has 1 amide bonds. The summed E-state index contributed by atoms with van der Waals surface area (Å²) in [7, 11) is -3.77. The van der Waals surface area contributed by atoms with E-state index in [0.717, 1.165) is 5.56 Å². The van der Waals surface area contributed by atoms with Gasteiger partial charge in [0, 0.05) is 37.9 Å². The number of nitrogens with one attached hydrogen (secondary N) is 1. The van der Waals surface area contributed by atoms with Gasteiger partial charge < -0.3 is 5.32 Å². The zero-order valence-corrected chi connectivity index (χ0v) is 17.5. The molecule has 1 fully saturated rings. The average molecular weight is 440 g/mol. The number of benzene rings is 2. The lowest BCUT2D eigenvalue weighted by atomic mass is 9.88. The molecule has 1 aliphatic rings.